The molecule has 3 aromatic heterocycles. The number of thiophene rings is 1. The first-order valence-electron chi connectivity index (χ1n) is 11.2. The van der Waals surface area contributed by atoms with Crippen molar-refractivity contribution in [3.05, 3.63) is 87.5 Å². The molecule has 1 aliphatic rings. The van der Waals surface area contributed by atoms with Crippen LogP contribution < -0.4 is 15.8 Å². The summed E-state index contributed by atoms with van der Waals surface area (Å²) >= 11 is 1.36. The minimum Gasteiger partial charge on any atom is -0.352 e. The lowest BCUT2D eigenvalue weighted by Gasteiger charge is -2.34. The van der Waals surface area contributed by atoms with Gasteiger partial charge in [-0.2, -0.15) is 0 Å². The lowest BCUT2D eigenvalue weighted by atomic mass is 9.97. The van der Waals surface area contributed by atoms with Crippen molar-refractivity contribution in [3.8, 4) is 0 Å². The number of benzene rings is 1. The Kier molecular flexibility index (Phi) is 6.35. The van der Waals surface area contributed by atoms with Crippen molar-refractivity contribution in [2.24, 2.45) is 5.92 Å². The summed E-state index contributed by atoms with van der Waals surface area (Å²) in [4.78, 5) is 37.1. The van der Waals surface area contributed by atoms with E-state index in [1.165, 1.54) is 23.5 Å². The fraction of sp³-hybridized carbons (Fsp3) is 0.280. The van der Waals surface area contributed by atoms with E-state index in [-0.39, 0.29) is 29.7 Å². The second kappa shape index (κ2) is 9.72. The predicted molar refractivity (Wildman–Crippen MR) is 130 cm³/mol. The number of rotatable bonds is 6. The first-order valence-corrected chi connectivity index (χ1v) is 12.1. The van der Waals surface area contributed by atoms with Crippen molar-refractivity contribution in [2.45, 2.75) is 25.9 Å². The van der Waals surface area contributed by atoms with Crippen LogP contribution in [-0.4, -0.2) is 33.5 Å². The molecule has 0 saturated carbocycles. The zero-order chi connectivity index (χ0) is 23.5. The molecule has 4 heterocycles. The first kappa shape index (κ1) is 22.2. The molecule has 9 heteroatoms. The highest BCUT2D eigenvalue weighted by Crippen LogP contribution is 2.25. The number of carbonyl (C=O) groups is 1. The molecule has 1 unspecified atom stereocenters. The normalized spacial score (nSPS) is 16.0. The molecule has 5 rings (SSSR count). The van der Waals surface area contributed by atoms with Crippen molar-refractivity contribution in [2.75, 3.05) is 18.0 Å². The zero-order valence-corrected chi connectivity index (χ0v) is 19.3. The van der Waals surface area contributed by atoms with E-state index in [4.69, 9.17) is 4.98 Å². The molecule has 0 radical (unpaired) electrons. The third-order valence-electron chi connectivity index (χ3n) is 6.09. The number of fused-ring (bicyclic) bond motifs is 1. The van der Waals surface area contributed by atoms with Crippen LogP contribution in [0.1, 0.15) is 24.0 Å². The SMILES string of the molecule is O=C(NCc1ccncc1)C1CCCN(c2nc3ccsc3c(=O)n2Cc2ccc(F)cc2)C1. The van der Waals surface area contributed by atoms with E-state index in [1.54, 1.807) is 29.1 Å². The number of nitrogens with zero attached hydrogens (tertiary/aromatic N) is 4. The summed E-state index contributed by atoms with van der Waals surface area (Å²) in [5, 5.41) is 4.88. The van der Waals surface area contributed by atoms with Crippen molar-refractivity contribution < 1.29 is 9.18 Å². The number of anilines is 1. The predicted octanol–water partition coefficient (Wildman–Crippen LogP) is 3.57. The second-order valence-corrected chi connectivity index (χ2v) is 9.34. The van der Waals surface area contributed by atoms with E-state index in [0.29, 0.717) is 35.8 Å². The zero-order valence-electron chi connectivity index (χ0n) is 18.5. The van der Waals surface area contributed by atoms with Gasteiger partial charge in [0.05, 0.1) is 18.0 Å². The number of halogens is 1. The quantitative estimate of drug-likeness (QED) is 0.459. The summed E-state index contributed by atoms with van der Waals surface area (Å²) < 4.78 is 15.6. The van der Waals surface area contributed by atoms with E-state index in [2.05, 4.69) is 10.3 Å². The maximum Gasteiger partial charge on any atom is 0.273 e. The molecule has 1 aliphatic heterocycles. The van der Waals surface area contributed by atoms with Gasteiger partial charge in [0.25, 0.3) is 5.56 Å². The van der Waals surface area contributed by atoms with Crippen molar-refractivity contribution in [1.29, 1.82) is 0 Å². The van der Waals surface area contributed by atoms with Gasteiger partial charge in [-0.3, -0.25) is 19.1 Å². The van der Waals surface area contributed by atoms with E-state index >= 15 is 0 Å². The molecule has 0 aliphatic carbocycles. The van der Waals surface area contributed by atoms with Gasteiger partial charge in [-0.05, 0) is 59.7 Å². The lowest BCUT2D eigenvalue weighted by Crippen LogP contribution is -2.45. The van der Waals surface area contributed by atoms with E-state index in [0.717, 1.165) is 24.0 Å². The number of amides is 1. The van der Waals surface area contributed by atoms with Gasteiger partial charge in [-0.1, -0.05) is 12.1 Å². The van der Waals surface area contributed by atoms with E-state index in [9.17, 15) is 14.0 Å². The average Bonchev–Trinajstić information content (AvgIpc) is 3.35. The summed E-state index contributed by atoms with van der Waals surface area (Å²) in [6, 6.07) is 11.7. The van der Waals surface area contributed by atoms with Crippen LogP contribution in [0, 0.1) is 11.7 Å². The Bertz CT molecular complexity index is 1350. The lowest BCUT2D eigenvalue weighted by molar-refractivity contribution is -0.125. The molecule has 7 nitrogen and oxygen atoms in total. The minimum atomic E-state index is -0.320. The number of hydrogen-bond donors (Lipinski definition) is 1. The van der Waals surface area contributed by atoms with Crippen LogP contribution in [0.3, 0.4) is 0 Å². The van der Waals surface area contributed by atoms with Crippen LogP contribution in [0.4, 0.5) is 10.3 Å². The molecule has 0 bridgehead atoms. The maximum atomic E-state index is 13.4. The summed E-state index contributed by atoms with van der Waals surface area (Å²) in [6.45, 7) is 1.92. The molecule has 1 saturated heterocycles. The molecule has 34 heavy (non-hydrogen) atoms. The van der Waals surface area contributed by atoms with Gasteiger partial charge >= 0.3 is 0 Å². The van der Waals surface area contributed by atoms with E-state index in [1.807, 2.05) is 28.5 Å². The molecule has 1 N–H and O–H groups in total. The van der Waals surface area contributed by atoms with Gasteiger partial charge < -0.3 is 10.2 Å². The standard InChI is InChI=1S/C25H24FN5O2S/c26-20-5-3-18(4-6-20)15-31-24(33)22-21(9-13-34-22)29-25(31)30-12-1-2-19(16-30)23(32)28-14-17-7-10-27-11-8-17/h3-11,13,19H,1-2,12,14-16H2,(H,28,32). The third kappa shape index (κ3) is 4.70. The Hall–Kier alpha value is -3.59. The van der Waals surface area contributed by atoms with Crippen LogP contribution in [-0.2, 0) is 17.9 Å². The third-order valence-corrected chi connectivity index (χ3v) is 6.98. The Morgan fingerprint density at radius 3 is 2.71 bits per heavy atom. The first-order chi connectivity index (χ1) is 16.6. The van der Waals surface area contributed by atoms with Gasteiger partial charge in [0.2, 0.25) is 11.9 Å². The number of piperidine rings is 1. The van der Waals surface area contributed by atoms with Crippen LogP contribution in [0.2, 0.25) is 0 Å². The number of nitrogens with one attached hydrogen (secondary N) is 1. The number of pyridine rings is 1. The Morgan fingerprint density at radius 1 is 1.12 bits per heavy atom. The molecule has 174 valence electrons. The van der Waals surface area contributed by atoms with Crippen molar-refractivity contribution in [3.63, 3.8) is 0 Å². The number of hydrogen-bond acceptors (Lipinski definition) is 6. The van der Waals surface area contributed by atoms with Gasteiger partial charge in [0.15, 0.2) is 0 Å². The molecular formula is C25H24FN5O2S. The highest BCUT2D eigenvalue weighted by atomic mass is 32.1. The molecule has 1 atom stereocenters. The largest absolute Gasteiger partial charge is 0.352 e. The second-order valence-electron chi connectivity index (χ2n) is 8.42. The van der Waals surface area contributed by atoms with Crippen molar-refractivity contribution in [1.82, 2.24) is 19.9 Å². The van der Waals surface area contributed by atoms with Crippen LogP contribution in [0.25, 0.3) is 10.2 Å². The molecule has 1 fully saturated rings. The maximum absolute atomic E-state index is 13.4. The minimum absolute atomic E-state index is 0.00875. The Morgan fingerprint density at radius 2 is 1.91 bits per heavy atom. The van der Waals surface area contributed by atoms with Gasteiger partial charge in [0.1, 0.15) is 10.5 Å². The highest BCUT2D eigenvalue weighted by Gasteiger charge is 2.28. The molecule has 0 spiro atoms. The van der Waals surface area contributed by atoms with E-state index < -0.39 is 0 Å². The van der Waals surface area contributed by atoms with Crippen molar-refractivity contribution >= 4 is 33.4 Å². The number of carbonyl (C=O) groups excluding carboxylic acids is 1. The van der Waals surface area contributed by atoms with Gasteiger partial charge in [-0.25, -0.2) is 9.37 Å². The summed E-state index contributed by atoms with van der Waals surface area (Å²) in [7, 11) is 0. The van der Waals surface area contributed by atoms with Gasteiger partial charge in [-0.15, -0.1) is 11.3 Å². The fourth-order valence-corrected chi connectivity index (χ4v) is 5.07. The van der Waals surface area contributed by atoms with Crippen LogP contribution in [0.15, 0.2) is 65.0 Å². The monoisotopic (exact) mass is 477 g/mol. The Labute approximate surface area is 199 Å². The summed E-state index contributed by atoms with van der Waals surface area (Å²) in [5.41, 5.74) is 2.34. The topological polar surface area (TPSA) is 80.1 Å². The smallest absolute Gasteiger partial charge is 0.273 e. The highest BCUT2D eigenvalue weighted by molar-refractivity contribution is 7.17. The Balaban J connectivity index is 1.40. The molecule has 1 amide bonds. The summed E-state index contributed by atoms with van der Waals surface area (Å²) in [6.07, 6.45) is 5.01. The van der Waals surface area contributed by atoms with Crippen LogP contribution in [0.5, 0.6) is 0 Å². The van der Waals surface area contributed by atoms with Gasteiger partial charge in [0, 0.05) is 32.0 Å². The fourth-order valence-electron chi connectivity index (χ4n) is 4.30. The molecular weight excluding hydrogens is 453 g/mol. The summed E-state index contributed by atoms with van der Waals surface area (Å²) in [5.74, 6) is 0.0159. The molecule has 4 aromatic rings. The average molecular weight is 478 g/mol. The number of aromatic nitrogens is 3. The molecule has 1 aromatic carbocycles. The van der Waals surface area contributed by atoms with Crippen LogP contribution >= 0.6 is 11.3 Å².